The molecule has 0 heterocycles. The summed E-state index contributed by atoms with van der Waals surface area (Å²) in [7, 11) is -2.57. The number of hydrogen-bond acceptors (Lipinski definition) is 2. The van der Waals surface area contributed by atoms with E-state index in [0.29, 0.717) is 11.7 Å². The van der Waals surface area contributed by atoms with E-state index in [1.54, 1.807) is 26.0 Å². The summed E-state index contributed by atoms with van der Waals surface area (Å²) in [5.41, 5.74) is 0.410. The van der Waals surface area contributed by atoms with Crippen LogP contribution in [0.2, 0.25) is 0 Å². The van der Waals surface area contributed by atoms with Crippen LogP contribution in [0.1, 0.15) is 25.8 Å². The minimum Gasteiger partial charge on any atom is -0.390 e. The summed E-state index contributed by atoms with van der Waals surface area (Å²) in [5.74, 6) is 0. The molecule has 0 saturated heterocycles. The molecule has 0 fully saturated rings. The summed E-state index contributed by atoms with van der Waals surface area (Å²) in [5, 5.41) is 10.0. The normalized spacial score (nSPS) is 13.9. The van der Waals surface area contributed by atoms with Gasteiger partial charge in [-0.15, -0.1) is 0 Å². The standard InChI is InChI=1S/C11H17O3P/c1-11(2,12)8-7-9-3-5-10(6-4-9)15(13)14/h3-6,12,15H,7-8H2,1-2H3,(H,13,14). The van der Waals surface area contributed by atoms with Gasteiger partial charge in [0.1, 0.15) is 0 Å². The summed E-state index contributed by atoms with van der Waals surface area (Å²) in [6.07, 6.45) is 1.46. The zero-order valence-electron chi connectivity index (χ0n) is 9.03. The highest BCUT2D eigenvalue weighted by Gasteiger charge is 2.11. The summed E-state index contributed by atoms with van der Waals surface area (Å²) in [6, 6.07) is 7.00. The van der Waals surface area contributed by atoms with Crippen molar-refractivity contribution in [1.29, 1.82) is 0 Å². The van der Waals surface area contributed by atoms with Gasteiger partial charge in [0.2, 0.25) is 8.03 Å². The molecule has 15 heavy (non-hydrogen) atoms. The monoisotopic (exact) mass is 228 g/mol. The van der Waals surface area contributed by atoms with E-state index in [9.17, 15) is 9.67 Å². The van der Waals surface area contributed by atoms with E-state index in [1.807, 2.05) is 12.1 Å². The van der Waals surface area contributed by atoms with Crippen molar-refractivity contribution in [2.75, 3.05) is 0 Å². The minimum absolute atomic E-state index is 0.479. The van der Waals surface area contributed by atoms with Crippen LogP contribution in [0.25, 0.3) is 0 Å². The lowest BCUT2D eigenvalue weighted by molar-refractivity contribution is 0.0714. The summed E-state index contributed by atoms with van der Waals surface area (Å²) in [6.45, 7) is 3.54. The Balaban J connectivity index is 2.61. The number of rotatable bonds is 4. The predicted molar refractivity (Wildman–Crippen MR) is 61.9 cm³/mol. The van der Waals surface area contributed by atoms with Crippen LogP contribution in [0, 0.1) is 0 Å². The Kier molecular flexibility index (Phi) is 4.09. The lowest BCUT2D eigenvalue weighted by atomic mass is 9.99. The summed E-state index contributed by atoms with van der Waals surface area (Å²) in [4.78, 5) is 8.88. The van der Waals surface area contributed by atoms with Crippen LogP contribution in [0.15, 0.2) is 24.3 Å². The molecule has 3 nitrogen and oxygen atoms in total. The summed E-state index contributed by atoms with van der Waals surface area (Å²) >= 11 is 0. The van der Waals surface area contributed by atoms with Crippen LogP contribution in [-0.4, -0.2) is 15.6 Å². The first-order chi connectivity index (χ1) is 6.88. The van der Waals surface area contributed by atoms with Gasteiger partial charge >= 0.3 is 0 Å². The van der Waals surface area contributed by atoms with Gasteiger partial charge in [0, 0.05) is 5.30 Å². The smallest absolute Gasteiger partial charge is 0.218 e. The molecule has 84 valence electrons. The maximum Gasteiger partial charge on any atom is 0.218 e. The topological polar surface area (TPSA) is 57.5 Å². The second-order valence-corrected chi connectivity index (χ2v) is 5.50. The fourth-order valence-corrected chi connectivity index (χ4v) is 1.72. The van der Waals surface area contributed by atoms with Gasteiger partial charge < -0.3 is 10.00 Å². The molecule has 1 atom stereocenters. The zero-order valence-corrected chi connectivity index (χ0v) is 10.0. The van der Waals surface area contributed by atoms with Crippen molar-refractivity contribution in [3.8, 4) is 0 Å². The van der Waals surface area contributed by atoms with Gasteiger partial charge in [0.15, 0.2) is 0 Å². The Morgan fingerprint density at radius 1 is 1.27 bits per heavy atom. The molecule has 1 aromatic carbocycles. The number of benzene rings is 1. The highest BCUT2D eigenvalue weighted by atomic mass is 31.1. The van der Waals surface area contributed by atoms with Gasteiger partial charge in [-0.25, -0.2) is 0 Å². The Bertz CT molecular complexity index is 338. The van der Waals surface area contributed by atoms with Gasteiger partial charge in [-0.3, -0.25) is 4.57 Å². The molecule has 1 aromatic rings. The van der Waals surface area contributed by atoms with E-state index in [1.165, 1.54) is 0 Å². The van der Waals surface area contributed by atoms with E-state index >= 15 is 0 Å². The van der Waals surface area contributed by atoms with Crippen LogP contribution >= 0.6 is 8.03 Å². The largest absolute Gasteiger partial charge is 0.390 e. The fourth-order valence-electron chi connectivity index (χ4n) is 1.26. The average molecular weight is 228 g/mol. The third-order valence-electron chi connectivity index (χ3n) is 2.23. The van der Waals surface area contributed by atoms with Crippen molar-refractivity contribution in [2.45, 2.75) is 32.3 Å². The third-order valence-corrected chi connectivity index (χ3v) is 3.05. The van der Waals surface area contributed by atoms with Crippen molar-refractivity contribution in [3.05, 3.63) is 29.8 Å². The summed E-state index contributed by atoms with van der Waals surface area (Å²) < 4.78 is 10.8. The second-order valence-electron chi connectivity index (χ2n) is 4.31. The first kappa shape index (κ1) is 12.4. The fraction of sp³-hybridized carbons (Fsp3) is 0.455. The molecule has 0 aliphatic carbocycles. The van der Waals surface area contributed by atoms with Gasteiger partial charge in [0.25, 0.3) is 0 Å². The molecule has 0 saturated carbocycles. The van der Waals surface area contributed by atoms with Crippen molar-refractivity contribution in [3.63, 3.8) is 0 Å². The average Bonchev–Trinajstić information content (AvgIpc) is 2.14. The van der Waals surface area contributed by atoms with Crippen LogP contribution in [0.3, 0.4) is 0 Å². The van der Waals surface area contributed by atoms with Gasteiger partial charge in [0.05, 0.1) is 5.60 Å². The van der Waals surface area contributed by atoms with Gasteiger partial charge in [-0.2, -0.15) is 0 Å². The number of aliphatic hydroxyl groups is 1. The van der Waals surface area contributed by atoms with Crippen LogP contribution < -0.4 is 5.30 Å². The zero-order chi connectivity index (χ0) is 11.5. The molecule has 0 bridgehead atoms. The number of aryl methyl sites for hydroxylation is 1. The molecule has 0 amide bonds. The lowest BCUT2D eigenvalue weighted by Crippen LogP contribution is -2.19. The quantitative estimate of drug-likeness (QED) is 0.767. The van der Waals surface area contributed by atoms with Crippen LogP contribution in [0.5, 0.6) is 0 Å². The van der Waals surface area contributed by atoms with Crippen LogP contribution in [0.4, 0.5) is 0 Å². The molecule has 0 radical (unpaired) electrons. The van der Waals surface area contributed by atoms with Gasteiger partial charge in [-0.1, -0.05) is 12.1 Å². The SMILES string of the molecule is CC(C)(O)CCc1ccc([PH](=O)O)cc1. The molecule has 4 heteroatoms. The van der Waals surface area contributed by atoms with E-state index in [0.717, 1.165) is 12.0 Å². The van der Waals surface area contributed by atoms with E-state index < -0.39 is 13.6 Å². The molecule has 1 rings (SSSR count). The Hall–Kier alpha value is -0.630. The van der Waals surface area contributed by atoms with E-state index in [2.05, 4.69) is 0 Å². The molecular weight excluding hydrogens is 211 g/mol. The number of hydrogen-bond donors (Lipinski definition) is 2. The molecule has 0 aromatic heterocycles. The molecule has 2 N–H and O–H groups in total. The first-order valence-electron chi connectivity index (χ1n) is 4.93. The molecule has 1 unspecified atom stereocenters. The molecular formula is C11H17O3P. The first-order valence-corrected chi connectivity index (χ1v) is 6.29. The van der Waals surface area contributed by atoms with Crippen molar-refractivity contribution in [1.82, 2.24) is 0 Å². The Morgan fingerprint density at radius 2 is 1.80 bits per heavy atom. The Labute approximate surface area is 90.6 Å². The predicted octanol–water partition coefficient (Wildman–Crippen LogP) is 1.48. The van der Waals surface area contributed by atoms with Crippen LogP contribution in [-0.2, 0) is 11.0 Å². The minimum atomic E-state index is -2.57. The lowest BCUT2D eigenvalue weighted by Gasteiger charge is -2.16. The molecule has 0 aliphatic heterocycles. The van der Waals surface area contributed by atoms with Crippen molar-refractivity contribution < 1.29 is 14.6 Å². The highest BCUT2D eigenvalue weighted by Crippen LogP contribution is 2.16. The highest BCUT2D eigenvalue weighted by molar-refractivity contribution is 7.47. The Morgan fingerprint density at radius 3 is 2.20 bits per heavy atom. The van der Waals surface area contributed by atoms with Crippen molar-refractivity contribution >= 4 is 13.3 Å². The molecule has 0 aliphatic rings. The maximum atomic E-state index is 10.8. The van der Waals surface area contributed by atoms with Gasteiger partial charge in [-0.05, 0) is 44.4 Å². The van der Waals surface area contributed by atoms with E-state index in [4.69, 9.17) is 4.89 Å². The van der Waals surface area contributed by atoms with E-state index in [-0.39, 0.29) is 0 Å². The maximum absolute atomic E-state index is 10.8. The third kappa shape index (κ3) is 4.61. The second kappa shape index (κ2) is 4.93. The van der Waals surface area contributed by atoms with Crippen molar-refractivity contribution in [2.24, 2.45) is 0 Å². The molecule has 0 spiro atoms.